The fourth-order valence-electron chi connectivity index (χ4n) is 8.51. The van der Waals surface area contributed by atoms with Crippen molar-refractivity contribution in [2.45, 2.75) is 96.8 Å². The maximum atomic E-state index is 14.0. The van der Waals surface area contributed by atoms with E-state index in [-0.39, 0.29) is 0 Å². The number of alkyl halides is 6. The van der Waals surface area contributed by atoms with Crippen molar-refractivity contribution in [2.24, 2.45) is 0 Å². The van der Waals surface area contributed by atoms with Gasteiger partial charge in [-0.2, -0.15) is 26.3 Å². The van der Waals surface area contributed by atoms with Gasteiger partial charge in [0.2, 0.25) is 0 Å². The summed E-state index contributed by atoms with van der Waals surface area (Å²) in [5.41, 5.74) is 6.51. The molecule has 0 heterocycles. The molecule has 0 amide bonds. The number of fused-ring (bicyclic) bond motifs is 2. The summed E-state index contributed by atoms with van der Waals surface area (Å²) < 4.78 is 105. The van der Waals surface area contributed by atoms with Crippen LogP contribution in [0.4, 0.5) is 35.1 Å². The molecule has 0 nitrogen and oxygen atoms in total. The van der Waals surface area contributed by atoms with Crippen molar-refractivity contribution in [3.8, 4) is 44.5 Å². The molecule has 0 aliphatic heterocycles. The predicted molar refractivity (Wildman–Crippen MR) is 260 cm³/mol. The van der Waals surface area contributed by atoms with Crippen LogP contribution in [-0.2, 0) is 25.2 Å². The second kappa shape index (κ2) is 22.0. The third-order valence-corrected chi connectivity index (χ3v) is 12.3. The minimum atomic E-state index is -4.70. The molecule has 0 spiro atoms. The second-order valence-electron chi connectivity index (χ2n) is 17.3. The summed E-state index contributed by atoms with van der Waals surface area (Å²) in [4.78, 5) is 0. The average Bonchev–Trinajstić information content (AvgIpc) is 3.32. The molecule has 0 aliphatic carbocycles. The van der Waals surface area contributed by atoms with Crippen LogP contribution >= 0.6 is 0 Å². The van der Waals surface area contributed by atoms with E-state index in [2.05, 4.69) is 86.6 Å². The summed E-state index contributed by atoms with van der Waals surface area (Å²) in [5.74, 6) is -2.52. The van der Waals surface area contributed by atoms with Crippen LogP contribution in [-0.4, -0.2) is 0 Å². The molecule has 8 heteroatoms. The smallest absolute Gasteiger partial charge is 0.206 e. The fourth-order valence-corrected chi connectivity index (χ4v) is 8.51. The SMILES string of the molecule is CCCCCCCc1ccc2cc(-c3ccc(-c4ccc(C(F)(F)F)c(F)c4)cc3)ccc2c1.CCCCCCc1ccc2cc(-c3ccc(-c4ccc(C(F)(F)F)c(F)c4)cc3)ccc2c1. The first-order valence-electron chi connectivity index (χ1n) is 23.2. The monoisotopic (exact) mass is 914 g/mol. The van der Waals surface area contributed by atoms with Crippen molar-refractivity contribution in [3.63, 3.8) is 0 Å². The average molecular weight is 915 g/mol. The highest BCUT2D eigenvalue weighted by atomic mass is 19.4. The molecule has 0 aromatic heterocycles. The second-order valence-corrected chi connectivity index (χ2v) is 17.3. The Hall–Kier alpha value is -6.28. The first-order valence-corrected chi connectivity index (χ1v) is 23.2. The lowest BCUT2D eigenvalue weighted by Gasteiger charge is -2.10. The highest BCUT2D eigenvalue weighted by molar-refractivity contribution is 5.89. The zero-order valence-corrected chi connectivity index (χ0v) is 37.8. The first kappa shape index (κ1) is 48.6. The third-order valence-electron chi connectivity index (χ3n) is 12.3. The molecule has 67 heavy (non-hydrogen) atoms. The van der Waals surface area contributed by atoms with Gasteiger partial charge in [0.25, 0.3) is 0 Å². The Balaban J connectivity index is 0.000000199. The first-order chi connectivity index (χ1) is 32.2. The predicted octanol–water partition coefficient (Wildman–Crippen LogP) is 19.3. The molecule has 346 valence electrons. The molecule has 8 aromatic carbocycles. The third kappa shape index (κ3) is 12.8. The van der Waals surface area contributed by atoms with Crippen LogP contribution in [0.15, 0.2) is 158 Å². The molecule has 0 N–H and O–H groups in total. The molecular formula is C59H54F8. The largest absolute Gasteiger partial charge is 0.419 e. The lowest BCUT2D eigenvalue weighted by atomic mass is 9.96. The lowest BCUT2D eigenvalue weighted by Crippen LogP contribution is -2.07. The van der Waals surface area contributed by atoms with Gasteiger partial charge in [0, 0.05) is 0 Å². The zero-order chi connectivity index (χ0) is 47.6. The van der Waals surface area contributed by atoms with Crippen molar-refractivity contribution in [1.82, 2.24) is 0 Å². The molecular weight excluding hydrogens is 861 g/mol. The number of aryl methyl sites for hydroxylation is 2. The van der Waals surface area contributed by atoms with Crippen LogP contribution in [0.5, 0.6) is 0 Å². The molecule has 0 bridgehead atoms. The Morgan fingerprint density at radius 2 is 0.582 bits per heavy atom. The molecule has 0 unspecified atom stereocenters. The standard InChI is InChI=1S/C30H28F4.C29H26F4/c1-2-3-4-5-6-7-21-8-9-26-19-25(15-14-24(26)18-21)22-10-12-23(13-11-22)27-16-17-28(29(31)20-27)30(32,33)34;1-2-3-4-5-6-20-7-8-25-18-24(14-13-23(25)17-20)21-9-11-22(12-10-21)26-15-16-27(28(30)19-26)29(31,32)33/h8-20H,2-7H2,1H3;7-19H,2-6H2,1H3. The van der Waals surface area contributed by atoms with E-state index in [0.29, 0.717) is 22.3 Å². The molecule has 0 saturated heterocycles. The van der Waals surface area contributed by atoms with Crippen LogP contribution in [0, 0.1) is 11.6 Å². The van der Waals surface area contributed by atoms with Crippen LogP contribution in [0.2, 0.25) is 0 Å². The minimum Gasteiger partial charge on any atom is -0.206 e. The highest BCUT2D eigenvalue weighted by Gasteiger charge is 2.35. The zero-order valence-electron chi connectivity index (χ0n) is 37.8. The van der Waals surface area contributed by atoms with Crippen molar-refractivity contribution >= 4 is 21.5 Å². The molecule has 0 atom stereocenters. The maximum absolute atomic E-state index is 14.0. The van der Waals surface area contributed by atoms with E-state index < -0.39 is 35.1 Å². The van der Waals surface area contributed by atoms with Crippen LogP contribution in [0.3, 0.4) is 0 Å². The summed E-state index contributed by atoms with van der Waals surface area (Å²) in [6.07, 6.45) is 4.19. The normalized spacial score (nSPS) is 11.8. The topological polar surface area (TPSA) is 0 Å². The van der Waals surface area contributed by atoms with Gasteiger partial charge in [-0.15, -0.1) is 0 Å². The Labute approximate surface area is 388 Å². The van der Waals surface area contributed by atoms with E-state index in [9.17, 15) is 35.1 Å². The Kier molecular flexibility index (Phi) is 16.0. The summed E-state index contributed by atoms with van der Waals surface area (Å²) in [6, 6.07) is 46.9. The molecule has 0 saturated carbocycles. The molecule has 8 aromatic rings. The fraction of sp³-hybridized carbons (Fsp3) is 0.254. The molecule has 0 radical (unpaired) electrons. The quantitative estimate of drug-likeness (QED) is 0.0710. The van der Waals surface area contributed by atoms with Crippen LogP contribution < -0.4 is 0 Å². The van der Waals surface area contributed by atoms with Gasteiger partial charge < -0.3 is 0 Å². The van der Waals surface area contributed by atoms with Crippen molar-refractivity contribution in [3.05, 3.63) is 192 Å². The lowest BCUT2D eigenvalue weighted by molar-refractivity contribution is -0.140. The number of halogens is 8. The summed E-state index contributed by atoms with van der Waals surface area (Å²) in [6.45, 7) is 4.45. The van der Waals surface area contributed by atoms with Gasteiger partial charge in [0.15, 0.2) is 0 Å². The van der Waals surface area contributed by atoms with E-state index >= 15 is 0 Å². The molecule has 8 rings (SSSR count). The number of hydrogen-bond acceptors (Lipinski definition) is 0. The maximum Gasteiger partial charge on any atom is 0.419 e. The number of hydrogen-bond donors (Lipinski definition) is 0. The molecule has 0 fully saturated rings. The Morgan fingerprint density at radius 1 is 0.299 bits per heavy atom. The van der Waals surface area contributed by atoms with E-state index in [1.54, 1.807) is 12.1 Å². The summed E-state index contributed by atoms with van der Waals surface area (Å²) in [7, 11) is 0. The van der Waals surface area contributed by atoms with Crippen LogP contribution in [0.25, 0.3) is 66.1 Å². The van der Waals surface area contributed by atoms with Gasteiger partial charge in [-0.3, -0.25) is 0 Å². The van der Waals surface area contributed by atoms with Crippen molar-refractivity contribution in [2.75, 3.05) is 0 Å². The van der Waals surface area contributed by atoms with E-state index in [1.807, 2.05) is 36.4 Å². The van der Waals surface area contributed by atoms with Gasteiger partial charge >= 0.3 is 12.4 Å². The summed E-state index contributed by atoms with van der Waals surface area (Å²) in [5, 5.41) is 4.76. The molecule has 0 aliphatic rings. The van der Waals surface area contributed by atoms with E-state index in [0.717, 1.165) is 59.4 Å². The minimum absolute atomic E-state index is 0.414. The Morgan fingerprint density at radius 3 is 0.925 bits per heavy atom. The van der Waals surface area contributed by atoms with E-state index in [1.165, 1.54) is 103 Å². The number of benzene rings is 8. The van der Waals surface area contributed by atoms with Gasteiger partial charge in [-0.1, -0.05) is 180 Å². The number of rotatable bonds is 15. The highest BCUT2D eigenvalue weighted by Crippen LogP contribution is 2.36. The van der Waals surface area contributed by atoms with Crippen molar-refractivity contribution < 1.29 is 35.1 Å². The van der Waals surface area contributed by atoms with Gasteiger partial charge in [-0.25, -0.2) is 8.78 Å². The van der Waals surface area contributed by atoms with Gasteiger partial charge in [-0.05, 0) is 139 Å². The summed E-state index contributed by atoms with van der Waals surface area (Å²) >= 11 is 0. The van der Waals surface area contributed by atoms with E-state index in [4.69, 9.17) is 0 Å². The van der Waals surface area contributed by atoms with Crippen molar-refractivity contribution in [1.29, 1.82) is 0 Å². The van der Waals surface area contributed by atoms with Gasteiger partial charge in [0.1, 0.15) is 11.6 Å². The number of unbranched alkanes of at least 4 members (excludes halogenated alkanes) is 7. The van der Waals surface area contributed by atoms with Crippen LogP contribution in [0.1, 0.15) is 93.9 Å². The van der Waals surface area contributed by atoms with Gasteiger partial charge in [0.05, 0.1) is 11.1 Å². The Bertz CT molecular complexity index is 2890.